The van der Waals surface area contributed by atoms with Crippen molar-refractivity contribution in [1.82, 2.24) is 14.4 Å². The zero-order chi connectivity index (χ0) is 17.6. The molecule has 1 amide bonds. The largest absolute Gasteiger partial charge is 0.341 e. The number of hydrogen-bond acceptors (Lipinski definition) is 2. The minimum atomic E-state index is 0.232. The van der Waals surface area contributed by atoms with Gasteiger partial charge in [-0.15, -0.1) is 0 Å². The Morgan fingerprint density at radius 3 is 2.32 bits per heavy atom. The second-order valence-electron chi connectivity index (χ2n) is 8.24. The molecule has 0 saturated heterocycles. The highest BCUT2D eigenvalue weighted by atomic mass is 16.2. The molecule has 0 spiro atoms. The first kappa shape index (κ1) is 16.6. The third-order valence-electron chi connectivity index (χ3n) is 6.62. The lowest BCUT2D eigenvalue weighted by Gasteiger charge is -2.27. The van der Waals surface area contributed by atoms with E-state index in [0.717, 1.165) is 23.4 Å². The molecule has 25 heavy (non-hydrogen) atoms. The third kappa shape index (κ3) is 3.08. The van der Waals surface area contributed by atoms with Gasteiger partial charge in [0.1, 0.15) is 6.54 Å². The van der Waals surface area contributed by atoms with Crippen molar-refractivity contribution in [3.63, 3.8) is 0 Å². The monoisotopic (exact) mass is 339 g/mol. The lowest BCUT2D eigenvalue weighted by molar-refractivity contribution is -0.132. The Labute approximate surface area is 150 Å². The number of fused-ring (bicyclic) bond motifs is 2. The van der Waals surface area contributed by atoms with E-state index < -0.39 is 0 Å². The normalized spacial score (nSPS) is 28.6. The van der Waals surface area contributed by atoms with Gasteiger partial charge >= 0.3 is 0 Å². The molecule has 4 atom stereocenters. The minimum Gasteiger partial charge on any atom is -0.341 e. The van der Waals surface area contributed by atoms with Crippen LogP contribution in [0.25, 0.3) is 10.9 Å². The molecule has 134 valence electrons. The zero-order valence-electron chi connectivity index (χ0n) is 15.6. The minimum absolute atomic E-state index is 0.232. The predicted molar refractivity (Wildman–Crippen MR) is 101 cm³/mol. The van der Waals surface area contributed by atoms with Gasteiger partial charge in [-0.1, -0.05) is 18.2 Å². The molecule has 2 saturated carbocycles. The molecule has 2 aliphatic rings. The fraction of sp³-hybridized carbons (Fsp3) is 0.571. The van der Waals surface area contributed by atoms with E-state index >= 15 is 0 Å². The van der Waals surface area contributed by atoms with Gasteiger partial charge < -0.3 is 14.4 Å². The van der Waals surface area contributed by atoms with Gasteiger partial charge in [0.2, 0.25) is 5.91 Å². The predicted octanol–water partition coefficient (Wildman–Crippen LogP) is 3.22. The first-order valence-electron chi connectivity index (χ1n) is 9.49. The molecule has 1 heterocycles. The van der Waals surface area contributed by atoms with Crippen LogP contribution in [0, 0.1) is 11.8 Å². The highest BCUT2D eigenvalue weighted by Gasteiger charge is 2.43. The fourth-order valence-electron chi connectivity index (χ4n) is 5.03. The van der Waals surface area contributed by atoms with Crippen LogP contribution in [0.5, 0.6) is 0 Å². The molecule has 1 aromatic heterocycles. The van der Waals surface area contributed by atoms with E-state index in [2.05, 4.69) is 41.8 Å². The number of nitrogens with zero attached hydrogens (tertiary/aromatic N) is 3. The molecular formula is C21H29N3O. The lowest BCUT2D eigenvalue weighted by Crippen LogP contribution is -2.38. The van der Waals surface area contributed by atoms with Crippen molar-refractivity contribution in [3.8, 4) is 0 Å². The van der Waals surface area contributed by atoms with E-state index in [1.165, 1.54) is 31.1 Å². The van der Waals surface area contributed by atoms with Crippen LogP contribution in [-0.2, 0) is 11.3 Å². The summed E-state index contributed by atoms with van der Waals surface area (Å²) < 4.78 is 2.08. The molecular weight excluding hydrogens is 310 g/mol. The number of carbonyl (C=O) groups is 1. The molecule has 2 fully saturated rings. The van der Waals surface area contributed by atoms with Gasteiger partial charge in [0.15, 0.2) is 0 Å². The van der Waals surface area contributed by atoms with Crippen LogP contribution in [0.15, 0.2) is 36.5 Å². The van der Waals surface area contributed by atoms with Crippen LogP contribution in [0.2, 0.25) is 0 Å². The van der Waals surface area contributed by atoms with Gasteiger partial charge in [-0.2, -0.15) is 0 Å². The average Bonchev–Trinajstić information content (AvgIpc) is 3.27. The Morgan fingerprint density at radius 1 is 1.00 bits per heavy atom. The first-order chi connectivity index (χ1) is 12.0. The summed E-state index contributed by atoms with van der Waals surface area (Å²) in [4.78, 5) is 17.2. The Morgan fingerprint density at radius 2 is 1.64 bits per heavy atom. The molecule has 0 bridgehead atoms. The summed E-state index contributed by atoms with van der Waals surface area (Å²) in [5.74, 6) is 1.84. The van der Waals surface area contributed by atoms with E-state index in [-0.39, 0.29) is 5.91 Å². The smallest absolute Gasteiger partial charge is 0.242 e. The van der Waals surface area contributed by atoms with Crippen molar-refractivity contribution in [3.05, 3.63) is 36.5 Å². The molecule has 4 rings (SSSR count). The molecule has 1 aromatic carbocycles. The van der Waals surface area contributed by atoms with Crippen LogP contribution in [0.4, 0.5) is 0 Å². The van der Waals surface area contributed by atoms with Crippen molar-refractivity contribution >= 4 is 16.8 Å². The summed E-state index contributed by atoms with van der Waals surface area (Å²) in [6, 6.07) is 11.5. The molecule has 0 radical (unpaired) electrons. The molecule has 2 unspecified atom stereocenters. The van der Waals surface area contributed by atoms with E-state index in [0.29, 0.717) is 12.6 Å². The number of rotatable bonds is 4. The third-order valence-corrected chi connectivity index (χ3v) is 6.62. The summed E-state index contributed by atoms with van der Waals surface area (Å²) in [5.41, 5.74) is 1.14. The number of likely N-dealkylation sites (N-methyl/N-ethyl adjacent to an activating group) is 1. The molecule has 2 aromatic rings. The van der Waals surface area contributed by atoms with E-state index in [1.807, 2.05) is 30.3 Å². The summed E-state index contributed by atoms with van der Waals surface area (Å²) in [7, 11) is 6.39. The summed E-state index contributed by atoms with van der Waals surface area (Å²) in [6.07, 6.45) is 7.01. The quantitative estimate of drug-likeness (QED) is 0.856. The van der Waals surface area contributed by atoms with Crippen molar-refractivity contribution in [2.24, 2.45) is 11.8 Å². The Balaban J connectivity index is 1.39. The Bertz CT molecular complexity index is 751. The van der Waals surface area contributed by atoms with Gasteiger partial charge in [0, 0.05) is 30.8 Å². The van der Waals surface area contributed by atoms with Crippen LogP contribution in [-0.4, -0.2) is 53.5 Å². The first-order valence-corrected chi connectivity index (χ1v) is 9.49. The SMILES string of the molecule is CN(C)C1C[C@@H]2CC(N(C)C(=O)Cn3ccc4ccccc43)C[C@@H]2C1. The summed E-state index contributed by atoms with van der Waals surface area (Å²) in [6.45, 7) is 0.441. The molecule has 0 N–H and O–H groups in total. The van der Waals surface area contributed by atoms with Crippen molar-refractivity contribution in [1.29, 1.82) is 0 Å². The number of aromatic nitrogens is 1. The molecule has 4 heteroatoms. The van der Waals surface area contributed by atoms with Crippen LogP contribution in [0.3, 0.4) is 0 Å². The number of hydrogen-bond donors (Lipinski definition) is 0. The molecule has 2 aliphatic carbocycles. The maximum Gasteiger partial charge on any atom is 0.242 e. The lowest BCUT2D eigenvalue weighted by atomic mass is 10.0. The van der Waals surface area contributed by atoms with Gasteiger partial charge in [0.05, 0.1) is 0 Å². The van der Waals surface area contributed by atoms with E-state index in [4.69, 9.17) is 0 Å². The number of benzene rings is 1. The van der Waals surface area contributed by atoms with Crippen molar-refractivity contribution < 1.29 is 4.79 Å². The number of carbonyl (C=O) groups excluding carboxylic acids is 1. The van der Waals surface area contributed by atoms with E-state index in [1.54, 1.807) is 0 Å². The van der Waals surface area contributed by atoms with Gasteiger partial charge in [0.25, 0.3) is 0 Å². The Hall–Kier alpha value is -1.81. The summed E-state index contributed by atoms with van der Waals surface area (Å²) >= 11 is 0. The Kier molecular flexibility index (Phi) is 4.32. The number of para-hydroxylation sites is 1. The van der Waals surface area contributed by atoms with Crippen LogP contribution < -0.4 is 0 Å². The van der Waals surface area contributed by atoms with Crippen molar-refractivity contribution in [2.75, 3.05) is 21.1 Å². The topological polar surface area (TPSA) is 28.5 Å². The fourth-order valence-corrected chi connectivity index (χ4v) is 5.03. The maximum atomic E-state index is 12.8. The maximum absolute atomic E-state index is 12.8. The highest BCUT2D eigenvalue weighted by Crippen LogP contribution is 2.46. The second kappa shape index (κ2) is 6.49. The van der Waals surface area contributed by atoms with Crippen LogP contribution in [0.1, 0.15) is 25.7 Å². The number of amides is 1. The standard InChI is InChI=1S/C21H29N3O/c1-22(2)18-10-16-12-19(13-17(16)11-18)23(3)21(25)14-24-9-8-15-6-4-5-7-20(15)24/h4-9,16-19H,10-14H2,1-3H3/t16-,17+,18?,19?. The highest BCUT2D eigenvalue weighted by molar-refractivity contribution is 5.83. The summed E-state index contributed by atoms with van der Waals surface area (Å²) in [5, 5.41) is 1.20. The average molecular weight is 339 g/mol. The van der Waals surface area contributed by atoms with E-state index in [9.17, 15) is 4.79 Å². The zero-order valence-corrected chi connectivity index (χ0v) is 15.6. The van der Waals surface area contributed by atoms with Gasteiger partial charge in [-0.25, -0.2) is 0 Å². The van der Waals surface area contributed by atoms with Gasteiger partial charge in [-0.05, 0) is 69.1 Å². The molecule has 0 aliphatic heterocycles. The molecule has 4 nitrogen and oxygen atoms in total. The second-order valence-corrected chi connectivity index (χ2v) is 8.24. The van der Waals surface area contributed by atoms with Gasteiger partial charge in [-0.3, -0.25) is 4.79 Å². The van der Waals surface area contributed by atoms with Crippen molar-refractivity contribution in [2.45, 2.75) is 44.3 Å². The van der Waals surface area contributed by atoms with Crippen LogP contribution >= 0.6 is 0 Å².